The van der Waals surface area contributed by atoms with Gasteiger partial charge in [-0.1, -0.05) is 99.1 Å². The number of rotatable bonds is 10. The van der Waals surface area contributed by atoms with Gasteiger partial charge in [-0.25, -0.2) is 8.78 Å². The van der Waals surface area contributed by atoms with E-state index in [2.05, 4.69) is 89.5 Å². The molecule has 2 aromatic rings. The number of unbranched alkanes of at least 4 members (excludes halogenated alkanes) is 1. The Morgan fingerprint density at radius 3 is 2.00 bits per heavy atom. The van der Waals surface area contributed by atoms with Crippen LogP contribution in [0.5, 0.6) is 0 Å². The fourth-order valence-electron chi connectivity index (χ4n) is 6.73. The fraction of sp³-hybridized carbons (Fsp3) is 0.697. The zero-order chi connectivity index (χ0) is 28.8. The minimum Gasteiger partial charge on any atom is -0.425 e. The predicted molar refractivity (Wildman–Crippen MR) is 155 cm³/mol. The van der Waals surface area contributed by atoms with Crippen molar-refractivity contribution in [2.75, 3.05) is 0 Å². The molecule has 1 atom stereocenters. The van der Waals surface area contributed by atoms with Gasteiger partial charge >= 0.3 is 0 Å². The maximum Gasteiger partial charge on any atom is 0.274 e. The summed E-state index contributed by atoms with van der Waals surface area (Å²) < 4.78 is 34.6. The van der Waals surface area contributed by atoms with Crippen LogP contribution < -0.4 is 0 Å². The second-order valence-corrected chi connectivity index (χ2v) is 13.5. The number of allylic oxidation sites excluding steroid dienone is 1. The largest absolute Gasteiger partial charge is 0.425 e. The van der Waals surface area contributed by atoms with Crippen LogP contribution in [0.25, 0.3) is 0 Å². The summed E-state index contributed by atoms with van der Waals surface area (Å²) >= 11 is 0. The number of alkyl halides is 2. The molecule has 0 bridgehead atoms. The third-order valence-electron chi connectivity index (χ3n) is 7.94. The smallest absolute Gasteiger partial charge is 0.274 e. The molecule has 0 N–H and O–H groups in total. The number of nitrogens with zero attached hydrogens (tertiary/aromatic N) is 2. The Kier molecular flexibility index (Phi) is 10.9. The molecule has 1 aliphatic carbocycles. The Labute approximate surface area is 230 Å². The molecule has 38 heavy (non-hydrogen) atoms. The molecule has 0 radical (unpaired) electrons. The van der Waals surface area contributed by atoms with Gasteiger partial charge in [-0.15, -0.1) is 10.2 Å². The summed E-state index contributed by atoms with van der Waals surface area (Å²) in [5.41, 5.74) is 1.66. The van der Waals surface area contributed by atoms with E-state index in [0.717, 1.165) is 43.9 Å². The van der Waals surface area contributed by atoms with Crippen LogP contribution in [0.1, 0.15) is 130 Å². The molecule has 0 aliphatic heterocycles. The van der Waals surface area contributed by atoms with Gasteiger partial charge in [0.1, 0.15) is 0 Å². The third-order valence-corrected chi connectivity index (χ3v) is 7.94. The minimum atomic E-state index is -2.78. The molecular weight excluding hydrogens is 478 g/mol. The van der Waals surface area contributed by atoms with Crippen molar-refractivity contribution in [1.82, 2.24) is 10.2 Å². The molecule has 1 aliphatic rings. The summed E-state index contributed by atoms with van der Waals surface area (Å²) in [6.07, 6.45) is 8.52. The topological polar surface area (TPSA) is 38.9 Å². The lowest BCUT2D eigenvalue weighted by Crippen LogP contribution is -2.50. The van der Waals surface area contributed by atoms with Gasteiger partial charge in [0.25, 0.3) is 5.92 Å². The highest BCUT2D eigenvalue weighted by Crippen LogP contribution is 2.60. The monoisotopic (exact) mass is 530 g/mol. The summed E-state index contributed by atoms with van der Waals surface area (Å²) in [4.78, 5) is 0. The number of hydrogen-bond acceptors (Lipinski definition) is 3. The number of aryl methyl sites for hydroxylation is 3. The zero-order valence-corrected chi connectivity index (χ0v) is 25.5. The lowest BCUT2D eigenvalue weighted by atomic mass is 9.53. The van der Waals surface area contributed by atoms with Crippen molar-refractivity contribution in [1.29, 1.82) is 0 Å². The first kappa shape index (κ1) is 32.2. The van der Waals surface area contributed by atoms with E-state index in [1.807, 2.05) is 0 Å². The molecule has 0 amide bonds. The lowest BCUT2D eigenvalue weighted by molar-refractivity contribution is -0.145. The van der Waals surface area contributed by atoms with Gasteiger partial charge in [0.05, 0.1) is 0 Å². The first-order chi connectivity index (χ1) is 17.5. The van der Waals surface area contributed by atoms with Crippen molar-refractivity contribution < 1.29 is 13.2 Å². The second kappa shape index (κ2) is 12.9. The van der Waals surface area contributed by atoms with Gasteiger partial charge in [0.2, 0.25) is 11.8 Å². The first-order valence-corrected chi connectivity index (χ1v) is 14.5. The summed E-state index contributed by atoms with van der Waals surface area (Å²) in [5.74, 6) is -0.857. The molecule has 1 aromatic heterocycles. The van der Waals surface area contributed by atoms with Crippen LogP contribution in [-0.4, -0.2) is 16.1 Å². The third kappa shape index (κ3) is 8.74. The molecule has 0 saturated heterocycles. The molecule has 1 heterocycles. The zero-order valence-electron chi connectivity index (χ0n) is 25.5. The van der Waals surface area contributed by atoms with E-state index < -0.39 is 11.3 Å². The van der Waals surface area contributed by atoms with Crippen molar-refractivity contribution >= 4 is 0 Å². The Hall–Kier alpha value is -2.04. The molecule has 5 heteroatoms. The SMILES string of the molecule is C=C(C)C(F)(F)C1(C)CC(C)(C)CC(C)(C)C1.CCCCC(C)c1nnc(CCc2ccc(CC)cc2)o1. The van der Waals surface area contributed by atoms with Crippen molar-refractivity contribution in [2.24, 2.45) is 16.2 Å². The molecule has 1 unspecified atom stereocenters. The summed E-state index contributed by atoms with van der Waals surface area (Å²) in [6.45, 7) is 21.6. The highest BCUT2D eigenvalue weighted by atomic mass is 19.3. The van der Waals surface area contributed by atoms with Crippen LogP contribution >= 0.6 is 0 Å². The quantitative estimate of drug-likeness (QED) is 0.287. The van der Waals surface area contributed by atoms with Crippen LogP contribution in [0.15, 0.2) is 40.8 Å². The van der Waals surface area contributed by atoms with Gasteiger partial charge < -0.3 is 4.42 Å². The molecular formula is C33H52F2N2O. The number of hydrogen-bond donors (Lipinski definition) is 0. The minimum absolute atomic E-state index is 0.00602. The molecule has 0 spiro atoms. The molecule has 1 saturated carbocycles. The molecule has 1 aromatic carbocycles. The van der Waals surface area contributed by atoms with Crippen molar-refractivity contribution in [2.45, 2.75) is 132 Å². The summed E-state index contributed by atoms with van der Waals surface area (Å²) in [5, 5.41) is 8.37. The lowest BCUT2D eigenvalue weighted by Gasteiger charge is -2.53. The van der Waals surface area contributed by atoms with Gasteiger partial charge in [0.15, 0.2) is 0 Å². The van der Waals surface area contributed by atoms with Crippen molar-refractivity contribution in [3.63, 3.8) is 0 Å². The predicted octanol–water partition coefficient (Wildman–Crippen LogP) is 10.2. The Balaban J connectivity index is 0.000000273. The van der Waals surface area contributed by atoms with Crippen LogP contribution in [-0.2, 0) is 19.3 Å². The highest BCUT2D eigenvalue weighted by molar-refractivity contribution is 5.22. The standard InChI is InChI=1S/C18H26N2O.C15H26F2/c1-4-6-7-14(3)18-20-19-17(21-18)13-12-16-10-8-15(5-2)9-11-16;1-11(2)15(16,17)14(7)9-12(3,4)8-13(5,6)10-14/h8-11,14H,4-7,12-13H2,1-3H3;1,8-10H2,2-7H3. The van der Waals surface area contributed by atoms with Gasteiger partial charge in [-0.05, 0) is 73.0 Å². The average Bonchev–Trinajstić information content (AvgIpc) is 3.28. The number of halogens is 2. The van der Waals surface area contributed by atoms with Crippen LogP contribution in [0.4, 0.5) is 8.78 Å². The highest BCUT2D eigenvalue weighted by Gasteiger charge is 2.57. The van der Waals surface area contributed by atoms with E-state index in [4.69, 9.17) is 4.42 Å². The number of aromatic nitrogens is 2. The second-order valence-electron chi connectivity index (χ2n) is 13.5. The van der Waals surface area contributed by atoms with Crippen LogP contribution in [0.2, 0.25) is 0 Å². The van der Waals surface area contributed by atoms with E-state index >= 15 is 0 Å². The first-order valence-electron chi connectivity index (χ1n) is 14.5. The van der Waals surface area contributed by atoms with Gasteiger partial charge in [-0.3, -0.25) is 0 Å². The Bertz CT molecular complexity index is 1000. The molecule has 3 nitrogen and oxygen atoms in total. The maximum atomic E-state index is 14.4. The normalized spacial score (nSPS) is 18.8. The van der Waals surface area contributed by atoms with Crippen LogP contribution in [0.3, 0.4) is 0 Å². The van der Waals surface area contributed by atoms with Gasteiger partial charge in [-0.2, -0.15) is 0 Å². The maximum absolute atomic E-state index is 14.4. The van der Waals surface area contributed by atoms with Crippen molar-refractivity contribution in [3.8, 4) is 0 Å². The van der Waals surface area contributed by atoms with E-state index in [1.165, 1.54) is 30.9 Å². The van der Waals surface area contributed by atoms with Crippen molar-refractivity contribution in [3.05, 3.63) is 59.3 Å². The van der Waals surface area contributed by atoms with Gasteiger partial charge in [0, 0.05) is 17.8 Å². The Morgan fingerprint density at radius 1 is 0.947 bits per heavy atom. The average molecular weight is 531 g/mol. The Morgan fingerprint density at radius 2 is 1.50 bits per heavy atom. The fourth-order valence-corrected chi connectivity index (χ4v) is 6.73. The molecule has 214 valence electrons. The van der Waals surface area contributed by atoms with Crippen LogP contribution in [0, 0.1) is 16.2 Å². The van der Waals surface area contributed by atoms with E-state index in [0.29, 0.717) is 18.8 Å². The molecule has 1 fully saturated rings. The molecule has 3 rings (SSSR count). The summed E-state index contributed by atoms with van der Waals surface area (Å²) in [7, 11) is 0. The van der Waals surface area contributed by atoms with E-state index in [-0.39, 0.29) is 16.4 Å². The van der Waals surface area contributed by atoms with E-state index in [9.17, 15) is 8.78 Å². The van der Waals surface area contributed by atoms with E-state index in [1.54, 1.807) is 6.92 Å². The summed E-state index contributed by atoms with van der Waals surface area (Å²) in [6, 6.07) is 8.78. The number of benzene rings is 1.